The summed E-state index contributed by atoms with van der Waals surface area (Å²) < 4.78 is 5.65. The minimum atomic E-state index is -0.610. The molecular weight excluding hydrogens is 347 g/mol. The molecule has 3 N–H and O–H groups in total. The number of aryl methyl sites for hydroxylation is 1. The molecule has 0 aliphatic carbocycles. The Morgan fingerprint density at radius 2 is 1.92 bits per heavy atom. The van der Waals surface area contributed by atoms with Crippen LogP contribution in [0, 0.1) is 6.92 Å². The van der Waals surface area contributed by atoms with Gasteiger partial charge in [-0.05, 0) is 55.7 Å². The average molecular weight is 369 g/mol. The van der Waals surface area contributed by atoms with Gasteiger partial charge in [0, 0.05) is 12.2 Å². The van der Waals surface area contributed by atoms with Crippen LogP contribution in [0.1, 0.15) is 18.1 Å². The Bertz CT molecular complexity index is 675. The smallest absolute Gasteiger partial charge is 0.260 e. The van der Waals surface area contributed by atoms with Crippen molar-refractivity contribution in [2.24, 2.45) is 0 Å². The van der Waals surface area contributed by atoms with Gasteiger partial charge >= 0.3 is 0 Å². The topological polar surface area (TPSA) is 64.3 Å². The molecule has 0 aliphatic heterocycles. The Kier molecular flexibility index (Phi) is 7.89. The Labute approximate surface area is 153 Å². The number of rotatable bonds is 6. The number of nitrogens with one attached hydrogen (secondary N) is 1. The van der Waals surface area contributed by atoms with Gasteiger partial charge in [0.25, 0.3) is 5.91 Å². The van der Waals surface area contributed by atoms with Crippen molar-refractivity contribution in [2.45, 2.75) is 26.4 Å². The highest BCUT2D eigenvalue weighted by molar-refractivity contribution is 6.32. The molecule has 24 heavy (non-hydrogen) atoms. The van der Waals surface area contributed by atoms with Crippen LogP contribution in [0.3, 0.4) is 0 Å². The largest absolute Gasteiger partial charge is 0.479 e. The first kappa shape index (κ1) is 20.1. The van der Waals surface area contributed by atoms with Crippen LogP contribution in [0.2, 0.25) is 5.02 Å². The lowest BCUT2D eigenvalue weighted by Gasteiger charge is -2.16. The number of carbonyl (C=O) groups is 1. The molecule has 130 valence electrons. The van der Waals surface area contributed by atoms with E-state index in [1.807, 2.05) is 43.3 Å². The fraction of sp³-hybridized carbons (Fsp3) is 0.278. The van der Waals surface area contributed by atoms with E-state index in [2.05, 4.69) is 5.32 Å². The maximum absolute atomic E-state index is 12.1. The van der Waals surface area contributed by atoms with Crippen molar-refractivity contribution in [1.29, 1.82) is 0 Å². The second kappa shape index (κ2) is 9.40. The molecule has 1 unspecified atom stereocenters. The summed E-state index contributed by atoms with van der Waals surface area (Å²) in [6, 6.07) is 13.1. The monoisotopic (exact) mass is 368 g/mol. The first-order chi connectivity index (χ1) is 11.0. The molecule has 0 radical (unpaired) electrons. The van der Waals surface area contributed by atoms with Crippen molar-refractivity contribution in [3.8, 4) is 5.75 Å². The van der Waals surface area contributed by atoms with E-state index in [-0.39, 0.29) is 18.3 Å². The quantitative estimate of drug-likeness (QED) is 0.762. The summed E-state index contributed by atoms with van der Waals surface area (Å²) in [5, 5.41) is 3.36. The molecule has 1 amide bonds. The van der Waals surface area contributed by atoms with E-state index in [4.69, 9.17) is 22.1 Å². The summed E-state index contributed by atoms with van der Waals surface area (Å²) in [4.78, 5) is 12.1. The van der Waals surface area contributed by atoms with Gasteiger partial charge in [0.1, 0.15) is 5.75 Å². The summed E-state index contributed by atoms with van der Waals surface area (Å²) in [5.41, 5.74) is 8.52. The van der Waals surface area contributed by atoms with Crippen molar-refractivity contribution in [2.75, 3.05) is 12.3 Å². The molecule has 0 bridgehead atoms. The number of nitrogens with two attached hydrogens (primary N) is 1. The summed E-state index contributed by atoms with van der Waals surface area (Å²) in [6.45, 7) is 4.19. The highest BCUT2D eigenvalue weighted by Crippen LogP contribution is 2.26. The Balaban J connectivity index is 0.00000288. The van der Waals surface area contributed by atoms with Gasteiger partial charge in [-0.1, -0.05) is 29.8 Å². The molecule has 0 heterocycles. The minimum absolute atomic E-state index is 0. The molecule has 2 aromatic carbocycles. The number of ether oxygens (including phenoxy) is 1. The molecule has 2 aromatic rings. The van der Waals surface area contributed by atoms with Crippen molar-refractivity contribution in [1.82, 2.24) is 5.32 Å². The average Bonchev–Trinajstić information content (AvgIpc) is 2.52. The van der Waals surface area contributed by atoms with Gasteiger partial charge in [0.2, 0.25) is 0 Å². The van der Waals surface area contributed by atoms with Crippen LogP contribution in [-0.2, 0) is 11.2 Å². The van der Waals surface area contributed by atoms with E-state index in [1.54, 1.807) is 13.0 Å². The SMILES string of the molecule is Cc1ccc(Cl)c(OC(C)C(=O)NCCc2ccc(N)cc2)c1.Cl. The maximum Gasteiger partial charge on any atom is 0.260 e. The van der Waals surface area contributed by atoms with E-state index in [9.17, 15) is 4.79 Å². The van der Waals surface area contributed by atoms with Crippen LogP contribution >= 0.6 is 24.0 Å². The molecule has 0 aliphatic rings. The fourth-order valence-electron chi connectivity index (χ4n) is 2.10. The zero-order chi connectivity index (χ0) is 16.8. The molecule has 2 rings (SSSR count). The highest BCUT2D eigenvalue weighted by Gasteiger charge is 2.15. The van der Waals surface area contributed by atoms with Crippen LogP contribution in [-0.4, -0.2) is 18.6 Å². The fourth-order valence-corrected chi connectivity index (χ4v) is 2.27. The first-order valence-electron chi connectivity index (χ1n) is 7.50. The van der Waals surface area contributed by atoms with Crippen LogP contribution in [0.15, 0.2) is 42.5 Å². The van der Waals surface area contributed by atoms with Gasteiger partial charge in [0.15, 0.2) is 6.10 Å². The van der Waals surface area contributed by atoms with E-state index in [0.29, 0.717) is 17.3 Å². The van der Waals surface area contributed by atoms with Crippen molar-refractivity contribution >= 4 is 35.6 Å². The van der Waals surface area contributed by atoms with Gasteiger partial charge < -0.3 is 15.8 Å². The number of nitrogen functional groups attached to an aromatic ring is 1. The maximum atomic E-state index is 12.1. The highest BCUT2D eigenvalue weighted by atomic mass is 35.5. The van der Waals surface area contributed by atoms with Crippen molar-refractivity contribution in [3.63, 3.8) is 0 Å². The molecule has 1 atom stereocenters. The molecule has 0 aromatic heterocycles. The molecule has 0 saturated carbocycles. The van der Waals surface area contributed by atoms with E-state index in [0.717, 1.165) is 23.2 Å². The van der Waals surface area contributed by atoms with E-state index >= 15 is 0 Å². The second-order valence-electron chi connectivity index (χ2n) is 5.48. The molecule has 0 fully saturated rings. The predicted octanol–water partition coefficient (Wildman–Crippen LogP) is 3.78. The van der Waals surface area contributed by atoms with Crippen LogP contribution in [0.4, 0.5) is 5.69 Å². The Hall–Kier alpha value is -1.91. The number of halogens is 2. The molecular formula is C18H22Cl2N2O2. The van der Waals surface area contributed by atoms with Gasteiger partial charge in [-0.15, -0.1) is 12.4 Å². The summed E-state index contributed by atoms with van der Waals surface area (Å²) >= 11 is 6.08. The lowest BCUT2D eigenvalue weighted by atomic mass is 10.1. The molecule has 0 spiro atoms. The normalized spacial score (nSPS) is 11.3. The van der Waals surface area contributed by atoms with Crippen LogP contribution < -0.4 is 15.8 Å². The molecule has 4 nitrogen and oxygen atoms in total. The first-order valence-corrected chi connectivity index (χ1v) is 7.88. The number of benzene rings is 2. The Morgan fingerprint density at radius 3 is 2.58 bits per heavy atom. The van der Waals surface area contributed by atoms with Gasteiger partial charge in [0.05, 0.1) is 5.02 Å². The lowest BCUT2D eigenvalue weighted by Crippen LogP contribution is -2.37. The zero-order valence-corrected chi connectivity index (χ0v) is 15.3. The zero-order valence-electron chi connectivity index (χ0n) is 13.7. The molecule has 0 saturated heterocycles. The third-order valence-electron chi connectivity index (χ3n) is 3.45. The minimum Gasteiger partial charge on any atom is -0.479 e. The van der Waals surface area contributed by atoms with Gasteiger partial charge in [-0.2, -0.15) is 0 Å². The summed E-state index contributed by atoms with van der Waals surface area (Å²) in [5.74, 6) is 0.353. The predicted molar refractivity (Wildman–Crippen MR) is 101 cm³/mol. The lowest BCUT2D eigenvalue weighted by molar-refractivity contribution is -0.127. The van der Waals surface area contributed by atoms with E-state index < -0.39 is 6.10 Å². The van der Waals surface area contributed by atoms with Crippen molar-refractivity contribution < 1.29 is 9.53 Å². The summed E-state index contributed by atoms with van der Waals surface area (Å²) in [7, 11) is 0. The third-order valence-corrected chi connectivity index (χ3v) is 3.76. The molecule has 6 heteroatoms. The van der Waals surface area contributed by atoms with Gasteiger partial charge in [-0.25, -0.2) is 0 Å². The number of amides is 1. The van der Waals surface area contributed by atoms with E-state index in [1.165, 1.54) is 0 Å². The van der Waals surface area contributed by atoms with Crippen LogP contribution in [0.25, 0.3) is 0 Å². The van der Waals surface area contributed by atoms with Crippen LogP contribution in [0.5, 0.6) is 5.75 Å². The Morgan fingerprint density at radius 1 is 1.25 bits per heavy atom. The van der Waals surface area contributed by atoms with Gasteiger partial charge in [-0.3, -0.25) is 4.79 Å². The second-order valence-corrected chi connectivity index (χ2v) is 5.88. The third kappa shape index (κ3) is 5.95. The number of hydrogen-bond donors (Lipinski definition) is 2. The summed E-state index contributed by atoms with van der Waals surface area (Å²) in [6.07, 6.45) is 0.130. The number of anilines is 1. The number of hydrogen-bond acceptors (Lipinski definition) is 3. The standard InChI is InChI=1S/C18H21ClN2O2.ClH/c1-12-3-8-16(19)17(11-12)23-13(2)18(22)21-10-9-14-4-6-15(20)7-5-14;/h3-8,11,13H,9-10,20H2,1-2H3,(H,21,22);1H. The van der Waals surface area contributed by atoms with Crippen molar-refractivity contribution in [3.05, 3.63) is 58.6 Å². The number of carbonyl (C=O) groups excluding carboxylic acids is 1.